The topological polar surface area (TPSA) is 78.6 Å². The summed E-state index contributed by atoms with van der Waals surface area (Å²) >= 11 is 1.55. The van der Waals surface area contributed by atoms with Crippen LogP contribution >= 0.6 is 11.3 Å². The van der Waals surface area contributed by atoms with Crippen molar-refractivity contribution in [2.75, 3.05) is 6.61 Å². The van der Waals surface area contributed by atoms with Gasteiger partial charge in [-0.2, -0.15) is 0 Å². The van der Waals surface area contributed by atoms with Crippen molar-refractivity contribution in [1.82, 2.24) is 0 Å². The molecule has 2 N–H and O–H groups in total. The van der Waals surface area contributed by atoms with Crippen molar-refractivity contribution in [1.29, 1.82) is 0 Å². The van der Waals surface area contributed by atoms with E-state index in [1.165, 1.54) is 0 Å². The van der Waals surface area contributed by atoms with E-state index in [0.717, 1.165) is 16.0 Å². The Labute approximate surface area is 137 Å². The number of thiophene rings is 1. The van der Waals surface area contributed by atoms with E-state index < -0.39 is 5.91 Å². The average Bonchev–Trinajstić information content (AvgIpc) is 3.02. The van der Waals surface area contributed by atoms with Crippen molar-refractivity contribution in [3.63, 3.8) is 0 Å². The van der Waals surface area contributed by atoms with E-state index in [2.05, 4.69) is 0 Å². The first kappa shape index (κ1) is 15.3. The molecule has 118 valence electrons. The molecule has 0 bridgehead atoms. The molecular formula is C17H15NO4S. The minimum absolute atomic E-state index is 0.147. The van der Waals surface area contributed by atoms with Gasteiger partial charge in [0, 0.05) is 17.0 Å². The van der Waals surface area contributed by atoms with E-state index in [1.54, 1.807) is 36.5 Å². The molecule has 2 aromatic rings. The molecule has 0 atom stereocenters. The molecule has 0 spiro atoms. The van der Waals surface area contributed by atoms with E-state index in [0.29, 0.717) is 22.8 Å². The third kappa shape index (κ3) is 2.98. The minimum atomic E-state index is -0.561. The highest BCUT2D eigenvalue weighted by atomic mass is 32.1. The number of rotatable bonds is 4. The Morgan fingerprint density at radius 2 is 2.13 bits per heavy atom. The standard InChI is InChI=1S/C17H15NO4S/c1-9-3-4-23-14(9)7-13-17(20)16-10(2)5-11(6-12(16)22-13)21-8-15(18)19/h3-7H,8H2,1-2H3,(H2,18,19)/b13-7-. The van der Waals surface area contributed by atoms with E-state index >= 15 is 0 Å². The van der Waals surface area contributed by atoms with Gasteiger partial charge in [0.15, 0.2) is 12.4 Å². The molecule has 23 heavy (non-hydrogen) atoms. The summed E-state index contributed by atoms with van der Waals surface area (Å²) in [6.45, 7) is 3.57. The molecule has 1 aromatic carbocycles. The van der Waals surface area contributed by atoms with Crippen molar-refractivity contribution in [2.45, 2.75) is 13.8 Å². The predicted octanol–water partition coefficient (Wildman–Crippen LogP) is 2.85. The summed E-state index contributed by atoms with van der Waals surface area (Å²) in [5, 5.41) is 1.97. The SMILES string of the molecule is Cc1ccsc1/C=C1\Oc2cc(OCC(N)=O)cc(C)c2C1=O. The molecule has 3 rings (SSSR count). The number of benzene rings is 1. The van der Waals surface area contributed by atoms with E-state index in [-0.39, 0.29) is 12.4 Å². The lowest BCUT2D eigenvalue weighted by molar-refractivity contribution is -0.119. The summed E-state index contributed by atoms with van der Waals surface area (Å²) in [6, 6.07) is 5.29. The van der Waals surface area contributed by atoms with Crippen LogP contribution < -0.4 is 15.2 Å². The van der Waals surface area contributed by atoms with Crippen LogP contribution in [-0.4, -0.2) is 18.3 Å². The van der Waals surface area contributed by atoms with Crippen LogP contribution in [0.25, 0.3) is 6.08 Å². The lowest BCUT2D eigenvalue weighted by atomic mass is 10.0. The maximum Gasteiger partial charge on any atom is 0.255 e. The number of nitrogens with two attached hydrogens (primary N) is 1. The average molecular weight is 329 g/mol. The van der Waals surface area contributed by atoms with Gasteiger partial charge in [0.05, 0.1) is 5.56 Å². The zero-order chi connectivity index (χ0) is 16.6. The van der Waals surface area contributed by atoms with Gasteiger partial charge in [0.25, 0.3) is 5.91 Å². The van der Waals surface area contributed by atoms with E-state index in [1.807, 2.05) is 18.4 Å². The number of allylic oxidation sites excluding steroid dienone is 1. The highest BCUT2D eigenvalue weighted by Gasteiger charge is 2.30. The summed E-state index contributed by atoms with van der Waals surface area (Å²) < 4.78 is 11.0. The number of fused-ring (bicyclic) bond motifs is 1. The number of carbonyl (C=O) groups excluding carboxylic acids is 2. The van der Waals surface area contributed by atoms with Crippen molar-refractivity contribution in [3.8, 4) is 11.5 Å². The highest BCUT2D eigenvalue weighted by Crippen LogP contribution is 2.38. The molecule has 2 heterocycles. The van der Waals surface area contributed by atoms with Gasteiger partial charge < -0.3 is 15.2 Å². The molecule has 0 radical (unpaired) electrons. The lowest BCUT2D eigenvalue weighted by Crippen LogP contribution is -2.20. The Balaban J connectivity index is 1.93. The van der Waals surface area contributed by atoms with Gasteiger partial charge in [-0.15, -0.1) is 11.3 Å². The predicted molar refractivity (Wildman–Crippen MR) is 87.9 cm³/mol. The maximum atomic E-state index is 12.5. The first-order valence-corrected chi connectivity index (χ1v) is 7.88. The van der Waals surface area contributed by atoms with Crippen LogP contribution in [0.1, 0.15) is 26.4 Å². The van der Waals surface area contributed by atoms with E-state index in [4.69, 9.17) is 15.2 Å². The Kier molecular flexibility index (Phi) is 3.92. The fraction of sp³-hybridized carbons (Fsp3) is 0.176. The van der Waals surface area contributed by atoms with Crippen LogP contribution in [0, 0.1) is 13.8 Å². The fourth-order valence-corrected chi connectivity index (χ4v) is 3.21. The van der Waals surface area contributed by atoms with Gasteiger partial charge in [-0.1, -0.05) is 0 Å². The summed E-state index contributed by atoms with van der Waals surface area (Å²) in [5.74, 6) is 0.470. The Bertz CT molecular complexity index is 835. The molecule has 1 aromatic heterocycles. The van der Waals surface area contributed by atoms with Crippen LogP contribution in [-0.2, 0) is 4.79 Å². The fourth-order valence-electron chi connectivity index (χ4n) is 2.37. The summed E-state index contributed by atoms with van der Waals surface area (Å²) in [6.07, 6.45) is 1.76. The molecule has 1 amide bonds. The lowest BCUT2D eigenvalue weighted by Gasteiger charge is -2.07. The number of hydrogen-bond donors (Lipinski definition) is 1. The van der Waals surface area contributed by atoms with Gasteiger partial charge in [0.1, 0.15) is 11.5 Å². The largest absolute Gasteiger partial charge is 0.484 e. The summed E-state index contributed by atoms with van der Waals surface area (Å²) in [5.41, 5.74) is 7.42. The quantitative estimate of drug-likeness (QED) is 0.875. The molecule has 0 aliphatic carbocycles. The van der Waals surface area contributed by atoms with Crippen LogP contribution in [0.3, 0.4) is 0 Å². The van der Waals surface area contributed by atoms with Crippen molar-refractivity contribution in [3.05, 3.63) is 50.9 Å². The smallest absolute Gasteiger partial charge is 0.255 e. The van der Waals surface area contributed by atoms with Crippen LogP contribution in [0.2, 0.25) is 0 Å². The van der Waals surface area contributed by atoms with Crippen molar-refractivity contribution in [2.24, 2.45) is 5.73 Å². The van der Waals surface area contributed by atoms with Crippen LogP contribution in [0.5, 0.6) is 11.5 Å². The molecule has 1 aliphatic rings. The number of amides is 1. The number of primary amides is 1. The Morgan fingerprint density at radius 1 is 1.35 bits per heavy atom. The molecular weight excluding hydrogens is 314 g/mol. The monoisotopic (exact) mass is 329 g/mol. The maximum absolute atomic E-state index is 12.5. The first-order valence-electron chi connectivity index (χ1n) is 7.00. The Morgan fingerprint density at radius 3 is 2.78 bits per heavy atom. The molecule has 0 unspecified atom stereocenters. The second-order valence-corrected chi connectivity index (χ2v) is 6.22. The Hall–Kier alpha value is -2.60. The normalized spacial score (nSPS) is 14.7. The molecule has 6 heteroatoms. The number of ether oxygens (including phenoxy) is 2. The number of aryl methyl sites for hydroxylation is 2. The number of carbonyl (C=O) groups is 2. The van der Waals surface area contributed by atoms with Crippen LogP contribution in [0.15, 0.2) is 29.3 Å². The van der Waals surface area contributed by atoms with E-state index in [9.17, 15) is 9.59 Å². The minimum Gasteiger partial charge on any atom is -0.484 e. The second kappa shape index (κ2) is 5.89. The second-order valence-electron chi connectivity index (χ2n) is 5.28. The third-order valence-electron chi connectivity index (χ3n) is 3.49. The van der Waals surface area contributed by atoms with Gasteiger partial charge >= 0.3 is 0 Å². The van der Waals surface area contributed by atoms with Gasteiger partial charge in [-0.05, 0) is 42.5 Å². The van der Waals surface area contributed by atoms with Gasteiger partial charge in [-0.3, -0.25) is 9.59 Å². The van der Waals surface area contributed by atoms with Crippen molar-refractivity contribution < 1.29 is 19.1 Å². The number of ketones is 1. The third-order valence-corrected chi connectivity index (χ3v) is 4.45. The molecule has 0 saturated carbocycles. The molecule has 5 nitrogen and oxygen atoms in total. The van der Waals surface area contributed by atoms with Gasteiger partial charge in [0.2, 0.25) is 5.78 Å². The van der Waals surface area contributed by atoms with Crippen molar-refractivity contribution >= 4 is 29.1 Å². The summed E-state index contributed by atoms with van der Waals surface area (Å²) in [4.78, 5) is 24.3. The highest BCUT2D eigenvalue weighted by molar-refractivity contribution is 7.11. The zero-order valence-corrected chi connectivity index (χ0v) is 13.5. The molecule has 0 fully saturated rings. The number of hydrogen-bond acceptors (Lipinski definition) is 5. The summed E-state index contributed by atoms with van der Waals surface area (Å²) in [7, 11) is 0. The number of Topliss-reactive ketones (excluding diaryl/α,β-unsaturated/α-hetero) is 1. The first-order chi connectivity index (χ1) is 11.0. The van der Waals surface area contributed by atoms with Gasteiger partial charge in [-0.25, -0.2) is 0 Å². The molecule has 0 saturated heterocycles. The van der Waals surface area contributed by atoms with Crippen LogP contribution in [0.4, 0.5) is 0 Å². The zero-order valence-electron chi connectivity index (χ0n) is 12.7. The molecule has 1 aliphatic heterocycles.